The van der Waals surface area contributed by atoms with Crippen LogP contribution < -0.4 is 5.73 Å². The van der Waals surface area contributed by atoms with Crippen LogP contribution >= 0.6 is 0 Å². The number of benzene rings is 1. The molecule has 0 fully saturated rings. The number of nitrogens with zero attached hydrogens (tertiary/aromatic N) is 3. The van der Waals surface area contributed by atoms with E-state index in [-0.39, 0.29) is 0 Å². The fourth-order valence-corrected chi connectivity index (χ4v) is 2.11. The first-order valence-corrected chi connectivity index (χ1v) is 6.75. The highest BCUT2D eigenvalue weighted by atomic mass is 15.3. The first kappa shape index (κ1) is 13.6. The Bertz CT molecular complexity index is 504. The molecule has 102 valence electrons. The van der Waals surface area contributed by atoms with E-state index in [1.807, 2.05) is 13.1 Å². The van der Waals surface area contributed by atoms with Gasteiger partial charge in [0.05, 0.1) is 5.69 Å². The van der Waals surface area contributed by atoms with Gasteiger partial charge in [0.2, 0.25) is 0 Å². The third-order valence-electron chi connectivity index (χ3n) is 3.47. The second-order valence-corrected chi connectivity index (χ2v) is 4.74. The highest BCUT2D eigenvalue weighted by molar-refractivity contribution is 5.62. The Hall–Kier alpha value is -1.81. The van der Waals surface area contributed by atoms with Gasteiger partial charge >= 0.3 is 0 Å². The minimum Gasteiger partial charge on any atom is -0.384 e. The van der Waals surface area contributed by atoms with Crippen LogP contribution in [0.3, 0.4) is 0 Å². The first-order valence-electron chi connectivity index (χ1n) is 6.75. The summed E-state index contributed by atoms with van der Waals surface area (Å²) >= 11 is 0. The van der Waals surface area contributed by atoms with Gasteiger partial charge in [-0.2, -0.15) is 5.10 Å². The van der Waals surface area contributed by atoms with E-state index in [4.69, 9.17) is 5.73 Å². The average molecular weight is 258 g/mol. The van der Waals surface area contributed by atoms with E-state index in [0.717, 1.165) is 30.9 Å². The Morgan fingerprint density at radius 2 is 1.79 bits per heavy atom. The molecule has 0 saturated carbocycles. The molecule has 1 aromatic carbocycles. The number of nitrogen functional groups attached to an aromatic ring is 1. The van der Waals surface area contributed by atoms with Gasteiger partial charge in [0.15, 0.2) is 0 Å². The lowest BCUT2D eigenvalue weighted by molar-refractivity contribution is 0.296. The van der Waals surface area contributed by atoms with Crippen LogP contribution in [0.25, 0.3) is 11.3 Å². The Morgan fingerprint density at radius 1 is 1.16 bits per heavy atom. The molecule has 0 spiro atoms. The zero-order valence-electron chi connectivity index (χ0n) is 11.9. The van der Waals surface area contributed by atoms with Gasteiger partial charge in [-0.25, -0.2) is 0 Å². The van der Waals surface area contributed by atoms with Gasteiger partial charge in [-0.05, 0) is 18.7 Å². The topological polar surface area (TPSA) is 47.1 Å². The van der Waals surface area contributed by atoms with Crippen molar-refractivity contribution < 1.29 is 0 Å². The van der Waals surface area contributed by atoms with Crippen molar-refractivity contribution >= 4 is 5.82 Å². The Kier molecular flexibility index (Phi) is 4.22. The summed E-state index contributed by atoms with van der Waals surface area (Å²) in [6, 6.07) is 10.5. The molecule has 0 aliphatic heterocycles. The smallest absolute Gasteiger partial charge is 0.121 e. The maximum absolute atomic E-state index is 5.80. The Balaban J connectivity index is 2.14. The predicted octanol–water partition coefficient (Wildman–Crippen LogP) is 2.51. The molecule has 0 amide bonds. The number of aromatic nitrogens is 2. The molecule has 0 aliphatic carbocycles. The molecule has 2 aromatic rings. The van der Waals surface area contributed by atoms with Crippen molar-refractivity contribution in [3.63, 3.8) is 0 Å². The molecule has 0 atom stereocenters. The molecule has 1 heterocycles. The number of nitrogens with two attached hydrogens (primary N) is 1. The lowest BCUT2D eigenvalue weighted by Gasteiger charge is -2.17. The van der Waals surface area contributed by atoms with E-state index >= 15 is 0 Å². The molecule has 19 heavy (non-hydrogen) atoms. The summed E-state index contributed by atoms with van der Waals surface area (Å²) in [7, 11) is 1.85. The zero-order valence-corrected chi connectivity index (χ0v) is 11.9. The summed E-state index contributed by atoms with van der Waals surface area (Å²) in [4.78, 5) is 2.40. The van der Waals surface area contributed by atoms with Crippen molar-refractivity contribution in [2.75, 3.05) is 18.8 Å². The predicted molar refractivity (Wildman–Crippen MR) is 79.7 cm³/mol. The van der Waals surface area contributed by atoms with Gasteiger partial charge < -0.3 is 5.73 Å². The van der Waals surface area contributed by atoms with Crippen LogP contribution in [-0.4, -0.2) is 27.8 Å². The fourth-order valence-electron chi connectivity index (χ4n) is 2.11. The second-order valence-electron chi connectivity index (χ2n) is 4.74. The number of anilines is 1. The summed E-state index contributed by atoms with van der Waals surface area (Å²) in [5.41, 5.74) is 9.17. The van der Waals surface area contributed by atoms with Gasteiger partial charge in [0, 0.05) is 25.2 Å². The van der Waals surface area contributed by atoms with E-state index in [0.29, 0.717) is 5.82 Å². The quantitative estimate of drug-likeness (QED) is 0.896. The highest BCUT2D eigenvalue weighted by Gasteiger charge is 2.05. The molecule has 4 heteroatoms. The lowest BCUT2D eigenvalue weighted by atomic mass is 10.1. The molecule has 4 nitrogen and oxygen atoms in total. The fraction of sp³-hybridized carbons (Fsp3) is 0.400. The second kappa shape index (κ2) is 5.89. The molecule has 0 bridgehead atoms. The number of hydrogen-bond donors (Lipinski definition) is 1. The van der Waals surface area contributed by atoms with Crippen molar-refractivity contribution in [1.29, 1.82) is 0 Å². The molecular formula is C15H22N4. The Morgan fingerprint density at radius 3 is 2.26 bits per heavy atom. The van der Waals surface area contributed by atoms with Crippen LogP contribution in [0, 0.1) is 0 Å². The molecule has 2 rings (SSSR count). The van der Waals surface area contributed by atoms with E-state index in [9.17, 15) is 0 Å². The lowest BCUT2D eigenvalue weighted by Crippen LogP contribution is -2.21. The number of rotatable bonds is 5. The monoisotopic (exact) mass is 258 g/mol. The molecule has 0 radical (unpaired) electrons. The Labute approximate surface area is 114 Å². The minimum atomic E-state index is 0.683. The number of hydrogen-bond acceptors (Lipinski definition) is 3. The maximum atomic E-state index is 5.80. The zero-order chi connectivity index (χ0) is 13.8. The van der Waals surface area contributed by atoms with Crippen LogP contribution in [0.5, 0.6) is 0 Å². The van der Waals surface area contributed by atoms with E-state index < -0.39 is 0 Å². The summed E-state index contributed by atoms with van der Waals surface area (Å²) in [5, 5.41) is 4.38. The average Bonchev–Trinajstić information content (AvgIpc) is 2.77. The third kappa shape index (κ3) is 3.15. The molecule has 2 N–H and O–H groups in total. The maximum Gasteiger partial charge on any atom is 0.121 e. The van der Waals surface area contributed by atoms with Gasteiger partial charge in [-0.15, -0.1) is 0 Å². The molecule has 0 aliphatic rings. The SMILES string of the molecule is CCN(CC)Cc1ccc(-c2cc(N)n(C)n2)cc1. The van der Waals surface area contributed by atoms with Crippen molar-refractivity contribution in [3.8, 4) is 11.3 Å². The van der Waals surface area contributed by atoms with Crippen molar-refractivity contribution in [3.05, 3.63) is 35.9 Å². The van der Waals surface area contributed by atoms with Gasteiger partial charge in [-0.3, -0.25) is 9.58 Å². The van der Waals surface area contributed by atoms with Crippen LogP contribution in [0.1, 0.15) is 19.4 Å². The standard InChI is InChI=1S/C15H22N4/c1-4-19(5-2)11-12-6-8-13(9-7-12)14-10-15(16)18(3)17-14/h6-10H,4-5,11,16H2,1-3H3. The van der Waals surface area contributed by atoms with Crippen molar-refractivity contribution in [1.82, 2.24) is 14.7 Å². The summed E-state index contributed by atoms with van der Waals surface area (Å²) < 4.78 is 1.69. The van der Waals surface area contributed by atoms with E-state index in [1.54, 1.807) is 4.68 Å². The summed E-state index contributed by atoms with van der Waals surface area (Å²) in [6.07, 6.45) is 0. The third-order valence-corrected chi connectivity index (χ3v) is 3.47. The minimum absolute atomic E-state index is 0.683. The molecule has 0 saturated heterocycles. The highest BCUT2D eigenvalue weighted by Crippen LogP contribution is 2.20. The molecular weight excluding hydrogens is 236 g/mol. The van der Waals surface area contributed by atoms with Gasteiger partial charge in [0.25, 0.3) is 0 Å². The first-order chi connectivity index (χ1) is 9.13. The van der Waals surface area contributed by atoms with Crippen LogP contribution in [0.4, 0.5) is 5.82 Å². The van der Waals surface area contributed by atoms with Crippen LogP contribution in [0.2, 0.25) is 0 Å². The van der Waals surface area contributed by atoms with Gasteiger partial charge in [-0.1, -0.05) is 38.1 Å². The molecule has 0 unspecified atom stereocenters. The van der Waals surface area contributed by atoms with Gasteiger partial charge in [0.1, 0.15) is 5.82 Å². The van der Waals surface area contributed by atoms with Crippen molar-refractivity contribution in [2.45, 2.75) is 20.4 Å². The van der Waals surface area contributed by atoms with Crippen LogP contribution in [-0.2, 0) is 13.6 Å². The van der Waals surface area contributed by atoms with Crippen molar-refractivity contribution in [2.24, 2.45) is 7.05 Å². The van der Waals surface area contributed by atoms with E-state index in [2.05, 4.69) is 48.1 Å². The molecule has 1 aromatic heterocycles. The normalized spacial score (nSPS) is 11.2. The number of aryl methyl sites for hydroxylation is 1. The largest absolute Gasteiger partial charge is 0.384 e. The van der Waals surface area contributed by atoms with E-state index in [1.165, 1.54) is 5.56 Å². The summed E-state index contributed by atoms with van der Waals surface area (Å²) in [6.45, 7) is 7.53. The van der Waals surface area contributed by atoms with Crippen LogP contribution in [0.15, 0.2) is 30.3 Å². The summed E-state index contributed by atoms with van der Waals surface area (Å²) in [5.74, 6) is 0.683.